The van der Waals surface area contributed by atoms with Gasteiger partial charge in [0.1, 0.15) is 12.1 Å². The fourth-order valence-electron chi connectivity index (χ4n) is 8.83. The molecule has 2 bridgehead atoms. The molecule has 5 aliphatic rings. The third-order valence-corrected chi connectivity index (χ3v) is 11.4. The molecule has 44 heavy (non-hydrogen) atoms. The fraction of sp³-hybridized carbons (Fsp3) is 0.735. The van der Waals surface area contributed by atoms with E-state index in [1.54, 1.807) is 11.0 Å². The van der Waals surface area contributed by atoms with Crippen molar-refractivity contribution in [1.29, 1.82) is 0 Å². The number of likely N-dealkylation sites (tertiary alicyclic amines) is 1. The van der Waals surface area contributed by atoms with Crippen LogP contribution in [-0.4, -0.2) is 71.7 Å². The number of Topliss-reactive ketones (excluding diaryl/α,β-unsaturated/α-hetero) is 1. The van der Waals surface area contributed by atoms with Crippen molar-refractivity contribution in [1.82, 2.24) is 26.2 Å². The van der Waals surface area contributed by atoms with Crippen LogP contribution in [0.5, 0.6) is 0 Å². The van der Waals surface area contributed by atoms with Gasteiger partial charge in [-0.25, -0.2) is 4.79 Å². The van der Waals surface area contributed by atoms with Crippen LogP contribution in [0.4, 0.5) is 4.79 Å². The van der Waals surface area contributed by atoms with Crippen LogP contribution < -0.4 is 21.3 Å². The van der Waals surface area contributed by atoms with E-state index in [-0.39, 0.29) is 54.1 Å². The molecular weight excluding hydrogens is 558 g/mol. The molecule has 242 valence electrons. The molecule has 8 atom stereocenters. The Bertz CT molecular complexity index is 1160. The Balaban J connectivity index is 1.32. The summed E-state index contributed by atoms with van der Waals surface area (Å²) in [4.78, 5) is 68.9. The van der Waals surface area contributed by atoms with Crippen LogP contribution in [0.15, 0.2) is 25.3 Å². The standard InChI is InChI=1S/C34H51N5O5/c1-5-7-13-24(29(40)31(42)35-16-6-2)36-30(41)28-26-23(34(26,3)4)19-39(28)32(43)27(21-11-9-8-10-12-21)38-33(44)37-25-18-20-14-15-22(25)17-20/h5-6,20-28H,1-2,7-19H2,3-4H3,(H,35,42)(H,36,41)(H2,37,38,44)/t20?,22?,23-,24?,25?,26-,27?,28-/m0/s1. The molecule has 4 saturated carbocycles. The van der Waals surface area contributed by atoms with Crippen molar-refractivity contribution >= 4 is 29.5 Å². The summed E-state index contributed by atoms with van der Waals surface area (Å²) in [6.07, 6.45) is 13.2. The van der Waals surface area contributed by atoms with Gasteiger partial charge in [-0.15, -0.1) is 13.2 Å². The molecular formula is C34H51N5O5. The predicted octanol–water partition coefficient (Wildman–Crippen LogP) is 3.23. The first-order valence-corrected chi connectivity index (χ1v) is 16.8. The number of hydrogen-bond donors (Lipinski definition) is 4. The number of carbonyl (C=O) groups is 5. The van der Waals surface area contributed by atoms with E-state index >= 15 is 0 Å². The summed E-state index contributed by atoms with van der Waals surface area (Å²) in [6.45, 7) is 12.1. The number of hydrogen-bond acceptors (Lipinski definition) is 5. The Morgan fingerprint density at radius 2 is 1.70 bits per heavy atom. The first-order valence-electron chi connectivity index (χ1n) is 16.8. The zero-order chi connectivity index (χ0) is 31.6. The smallest absolute Gasteiger partial charge is 0.315 e. The number of urea groups is 1. The van der Waals surface area contributed by atoms with Crippen molar-refractivity contribution in [2.24, 2.45) is 35.0 Å². The van der Waals surface area contributed by atoms with Crippen LogP contribution in [0.25, 0.3) is 0 Å². The average molecular weight is 610 g/mol. The van der Waals surface area contributed by atoms with Crippen LogP contribution in [0.1, 0.15) is 84.5 Å². The lowest BCUT2D eigenvalue weighted by Gasteiger charge is -2.37. The first-order chi connectivity index (χ1) is 21.1. The van der Waals surface area contributed by atoms with E-state index in [9.17, 15) is 24.0 Å². The van der Waals surface area contributed by atoms with Crippen LogP contribution in [0, 0.1) is 35.0 Å². The van der Waals surface area contributed by atoms with Gasteiger partial charge in [0.15, 0.2) is 0 Å². The Morgan fingerprint density at radius 3 is 2.34 bits per heavy atom. The Kier molecular flexibility index (Phi) is 9.85. The van der Waals surface area contributed by atoms with Gasteiger partial charge in [-0.3, -0.25) is 19.2 Å². The maximum absolute atomic E-state index is 14.4. The number of allylic oxidation sites excluding steroid dienone is 1. The maximum Gasteiger partial charge on any atom is 0.315 e. The third-order valence-electron chi connectivity index (χ3n) is 11.4. The minimum Gasteiger partial charge on any atom is -0.346 e. The zero-order valence-corrected chi connectivity index (χ0v) is 26.4. The van der Waals surface area contributed by atoms with Crippen molar-refractivity contribution in [3.05, 3.63) is 25.3 Å². The van der Waals surface area contributed by atoms with Crippen LogP contribution in [0.3, 0.4) is 0 Å². The molecule has 5 rings (SSSR count). The molecule has 0 spiro atoms. The second-order valence-electron chi connectivity index (χ2n) is 14.5. The van der Waals surface area contributed by atoms with E-state index in [1.807, 2.05) is 0 Å². The highest BCUT2D eigenvalue weighted by Gasteiger charge is 2.69. The molecule has 1 saturated heterocycles. The number of fused-ring (bicyclic) bond motifs is 3. The summed E-state index contributed by atoms with van der Waals surface area (Å²) >= 11 is 0. The largest absolute Gasteiger partial charge is 0.346 e. The van der Waals surface area contributed by atoms with Gasteiger partial charge in [0.05, 0.1) is 6.04 Å². The molecule has 1 aliphatic heterocycles. The van der Waals surface area contributed by atoms with Crippen molar-refractivity contribution in [3.63, 3.8) is 0 Å². The second-order valence-corrected chi connectivity index (χ2v) is 14.5. The number of piperidine rings is 1. The normalized spacial score (nSPS) is 31.3. The lowest BCUT2D eigenvalue weighted by atomic mass is 9.83. The first kappa shape index (κ1) is 32.2. The Morgan fingerprint density at radius 1 is 0.955 bits per heavy atom. The van der Waals surface area contributed by atoms with E-state index in [0.29, 0.717) is 24.8 Å². The quantitative estimate of drug-likeness (QED) is 0.188. The minimum absolute atomic E-state index is 0.00570. The van der Waals surface area contributed by atoms with E-state index in [0.717, 1.165) is 44.9 Å². The van der Waals surface area contributed by atoms with Crippen molar-refractivity contribution in [2.75, 3.05) is 13.1 Å². The van der Waals surface area contributed by atoms with Gasteiger partial charge in [-0.2, -0.15) is 0 Å². The van der Waals surface area contributed by atoms with Crippen LogP contribution in [-0.2, 0) is 19.2 Å². The van der Waals surface area contributed by atoms with Crippen LogP contribution in [0.2, 0.25) is 0 Å². The molecule has 4 N–H and O–H groups in total. The highest BCUT2D eigenvalue weighted by atomic mass is 16.2. The van der Waals surface area contributed by atoms with Crippen molar-refractivity contribution in [3.8, 4) is 0 Å². The number of amides is 5. The molecule has 5 unspecified atom stereocenters. The maximum atomic E-state index is 14.4. The summed E-state index contributed by atoms with van der Waals surface area (Å²) in [6, 6.07) is -2.67. The summed E-state index contributed by atoms with van der Waals surface area (Å²) < 4.78 is 0. The topological polar surface area (TPSA) is 137 Å². The summed E-state index contributed by atoms with van der Waals surface area (Å²) in [5.74, 6) is -0.867. The third kappa shape index (κ3) is 6.59. The Labute approximate surface area is 261 Å². The summed E-state index contributed by atoms with van der Waals surface area (Å²) in [5.41, 5.74) is -0.131. The van der Waals surface area contributed by atoms with Gasteiger partial charge >= 0.3 is 6.03 Å². The molecule has 1 heterocycles. The number of nitrogens with zero attached hydrogens (tertiary/aromatic N) is 1. The van der Waals surface area contributed by atoms with Crippen LogP contribution >= 0.6 is 0 Å². The molecule has 0 aromatic rings. The summed E-state index contributed by atoms with van der Waals surface area (Å²) in [5, 5.41) is 11.6. The molecule has 10 nitrogen and oxygen atoms in total. The molecule has 5 amide bonds. The van der Waals surface area contributed by atoms with Gasteiger partial charge < -0.3 is 26.2 Å². The Hall–Kier alpha value is -3.17. The monoisotopic (exact) mass is 609 g/mol. The van der Waals surface area contributed by atoms with Gasteiger partial charge in [0.25, 0.3) is 5.91 Å². The molecule has 0 radical (unpaired) electrons. The molecule has 4 aliphatic carbocycles. The van der Waals surface area contributed by atoms with Gasteiger partial charge in [-0.05, 0) is 80.0 Å². The molecule has 10 heteroatoms. The van der Waals surface area contributed by atoms with Gasteiger partial charge in [0.2, 0.25) is 17.6 Å². The van der Waals surface area contributed by atoms with E-state index in [1.165, 1.54) is 18.9 Å². The minimum atomic E-state index is -1.04. The van der Waals surface area contributed by atoms with E-state index in [2.05, 4.69) is 48.3 Å². The molecule has 0 aromatic heterocycles. The van der Waals surface area contributed by atoms with Gasteiger partial charge in [-0.1, -0.05) is 51.7 Å². The van der Waals surface area contributed by atoms with Gasteiger partial charge in [0, 0.05) is 19.1 Å². The molecule has 5 fully saturated rings. The predicted molar refractivity (Wildman–Crippen MR) is 167 cm³/mol. The molecule has 0 aromatic carbocycles. The highest BCUT2D eigenvalue weighted by molar-refractivity contribution is 6.38. The number of nitrogens with one attached hydrogen (secondary N) is 4. The SMILES string of the molecule is C=CCCC(NC(=O)[C@@H]1[C@@H]2[C@H](CN1C(=O)C(NC(=O)NC1CC3CCC1C3)C1CCCCC1)C2(C)C)C(=O)C(=O)NCC=C. The van der Waals surface area contributed by atoms with Crippen molar-refractivity contribution in [2.45, 2.75) is 109 Å². The van der Waals surface area contributed by atoms with E-state index < -0.39 is 35.7 Å². The fourth-order valence-corrected chi connectivity index (χ4v) is 8.83. The second kappa shape index (κ2) is 13.4. The number of ketones is 1. The van der Waals surface area contributed by atoms with E-state index in [4.69, 9.17) is 0 Å². The van der Waals surface area contributed by atoms with Crippen molar-refractivity contribution < 1.29 is 24.0 Å². The lowest BCUT2D eigenvalue weighted by Crippen LogP contribution is -2.61. The number of rotatable bonds is 13. The highest BCUT2D eigenvalue weighted by Crippen LogP contribution is 2.65. The number of carbonyl (C=O) groups excluding carboxylic acids is 5. The average Bonchev–Trinajstić information content (AvgIpc) is 3.53. The zero-order valence-electron chi connectivity index (χ0n) is 26.4. The summed E-state index contributed by atoms with van der Waals surface area (Å²) in [7, 11) is 0. The lowest BCUT2D eigenvalue weighted by molar-refractivity contribution is -0.144.